The molecule has 0 bridgehead atoms. The fraction of sp³-hybridized carbons (Fsp3) is 0.600. The molecule has 0 heterocycles. The van der Waals surface area contributed by atoms with Gasteiger partial charge >= 0.3 is 14.6 Å². The van der Waals surface area contributed by atoms with E-state index >= 15 is 0 Å². The van der Waals surface area contributed by atoms with Crippen molar-refractivity contribution in [3.05, 3.63) is 11.4 Å². The zero-order valence-electron chi connectivity index (χ0n) is 6.39. The highest BCUT2D eigenvalue weighted by Gasteiger charge is 2.25. The number of nitrogens with zero attached hydrogens (tertiary/aromatic N) is 2. The Kier molecular flexibility index (Phi) is 5.27. The van der Waals surface area contributed by atoms with E-state index in [9.17, 15) is 4.57 Å². The van der Waals surface area contributed by atoms with E-state index in [2.05, 4.69) is 18.4 Å². The number of hydrogen-bond acceptors (Lipinski definition) is 5. The van der Waals surface area contributed by atoms with Crippen LogP contribution in [0.25, 0.3) is 4.85 Å². The van der Waals surface area contributed by atoms with Gasteiger partial charge in [0, 0.05) is 7.11 Å². The molecule has 66 valence electrons. The highest BCUT2D eigenvalue weighted by Crippen LogP contribution is 2.48. The van der Waals surface area contributed by atoms with Crippen LogP contribution in [0.1, 0.15) is 0 Å². The smallest absolute Gasteiger partial charge is 0.290 e. The lowest BCUT2D eigenvalue weighted by molar-refractivity contribution is 0.153. The zero-order valence-corrected chi connectivity index (χ0v) is 7.28. The molecule has 0 aromatic heterocycles. The second-order valence-electron chi connectivity index (χ2n) is 1.48. The number of nitriles is 1. The molecule has 1 atom stereocenters. The van der Waals surface area contributed by atoms with Crippen LogP contribution in [0.2, 0.25) is 0 Å². The fourth-order valence-corrected chi connectivity index (χ4v) is 1.05. The first-order valence-electron chi connectivity index (χ1n) is 2.83. The highest BCUT2D eigenvalue weighted by atomic mass is 31.2. The maximum atomic E-state index is 11.1. The van der Waals surface area contributed by atoms with Crippen LogP contribution in [-0.2, 0) is 18.1 Å². The number of phosphoric acid groups is 1. The first-order valence-corrected chi connectivity index (χ1v) is 4.29. The minimum absolute atomic E-state index is 0.400. The van der Waals surface area contributed by atoms with Crippen molar-refractivity contribution >= 4 is 7.82 Å². The molecule has 12 heavy (non-hydrogen) atoms. The lowest BCUT2D eigenvalue weighted by atomic mass is 10.9. The quantitative estimate of drug-likeness (QED) is 0.480. The van der Waals surface area contributed by atoms with Crippen molar-refractivity contribution in [1.29, 1.82) is 5.26 Å². The topological polar surface area (TPSA) is 72.9 Å². The van der Waals surface area contributed by atoms with Crippen molar-refractivity contribution in [3.8, 4) is 6.07 Å². The van der Waals surface area contributed by atoms with Crippen LogP contribution in [0.4, 0.5) is 0 Å². The van der Waals surface area contributed by atoms with Gasteiger partial charge in [-0.1, -0.05) is 0 Å². The summed E-state index contributed by atoms with van der Waals surface area (Å²) in [5.74, 6) is 0. The summed E-state index contributed by atoms with van der Waals surface area (Å²) < 4.78 is 24.4. The summed E-state index contributed by atoms with van der Waals surface area (Å²) in [6, 6.07) is 1.60. The molecular weight excluding hydrogens is 183 g/mol. The Morgan fingerprint density at radius 3 is 2.75 bits per heavy atom. The fourth-order valence-electron chi connectivity index (χ4n) is 0.350. The maximum absolute atomic E-state index is 11.1. The van der Waals surface area contributed by atoms with Crippen LogP contribution < -0.4 is 0 Å². The Labute approximate surface area is 70.1 Å². The van der Waals surface area contributed by atoms with E-state index in [1.807, 2.05) is 0 Å². The van der Waals surface area contributed by atoms with Crippen LogP contribution in [0.5, 0.6) is 0 Å². The van der Waals surface area contributed by atoms with Gasteiger partial charge in [-0.25, -0.2) is 15.7 Å². The van der Waals surface area contributed by atoms with Gasteiger partial charge in [0.1, 0.15) is 6.61 Å². The van der Waals surface area contributed by atoms with Crippen LogP contribution in [0.15, 0.2) is 0 Å². The molecule has 0 rings (SSSR count). The van der Waals surface area contributed by atoms with Crippen molar-refractivity contribution in [2.45, 2.75) is 0 Å². The number of phosphoric ester groups is 1. The molecular formula is C5H7N2O4P. The average Bonchev–Trinajstić information content (AvgIpc) is 2.11. The van der Waals surface area contributed by atoms with Crippen molar-refractivity contribution in [2.24, 2.45) is 0 Å². The predicted octanol–water partition coefficient (Wildman–Crippen LogP) is 1.17. The minimum Gasteiger partial charge on any atom is -0.290 e. The van der Waals surface area contributed by atoms with Gasteiger partial charge in [0.25, 0.3) is 0 Å². The van der Waals surface area contributed by atoms with Crippen molar-refractivity contribution in [3.63, 3.8) is 0 Å². The molecule has 0 radical (unpaired) electrons. The van der Waals surface area contributed by atoms with Crippen molar-refractivity contribution in [1.82, 2.24) is 0 Å². The SMILES string of the molecule is [C-]#[N+]COP(=O)(OC)OCC#N. The Balaban J connectivity index is 4.00. The van der Waals surface area contributed by atoms with Crippen molar-refractivity contribution < 1.29 is 18.1 Å². The van der Waals surface area contributed by atoms with Gasteiger partial charge in [-0.15, -0.1) is 0 Å². The maximum Gasteiger partial charge on any atom is 0.481 e. The molecule has 0 saturated heterocycles. The van der Waals surface area contributed by atoms with Gasteiger partial charge in [0.05, 0.1) is 6.07 Å². The number of hydrogen-bond donors (Lipinski definition) is 0. The van der Waals surface area contributed by atoms with Crippen molar-refractivity contribution in [2.75, 3.05) is 20.4 Å². The van der Waals surface area contributed by atoms with E-state index in [0.29, 0.717) is 0 Å². The molecule has 0 aromatic rings. The minimum atomic E-state index is -3.67. The molecule has 6 nitrogen and oxygen atoms in total. The largest absolute Gasteiger partial charge is 0.481 e. The van der Waals surface area contributed by atoms with E-state index in [0.717, 1.165) is 7.11 Å². The van der Waals surface area contributed by atoms with Gasteiger partial charge in [-0.05, 0) is 0 Å². The third-order valence-corrected chi connectivity index (χ3v) is 2.12. The molecule has 7 heteroatoms. The third-order valence-electron chi connectivity index (χ3n) is 0.791. The Hall–Kier alpha value is -0.910. The second kappa shape index (κ2) is 5.70. The van der Waals surface area contributed by atoms with Gasteiger partial charge in [-0.3, -0.25) is 13.9 Å². The summed E-state index contributed by atoms with van der Waals surface area (Å²) >= 11 is 0. The first-order chi connectivity index (χ1) is 5.68. The normalized spacial score (nSPS) is 14.2. The van der Waals surface area contributed by atoms with Crippen LogP contribution in [-0.4, -0.2) is 20.4 Å². The van der Waals surface area contributed by atoms with Crippen LogP contribution in [0.3, 0.4) is 0 Å². The molecule has 0 aliphatic heterocycles. The summed E-state index contributed by atoms with van der Waals surface area (Å²) in [6.45, 7) is 5.52. The standard InChI is InChI=1S/C5H7N2O4P/c1-7-5-11-12(8,9-2)10-4-3-6/h4-5H2,2H3. The van der Waals surface area contributed by atoms with E-state index < -0.39 is 21.2 Å². The molecule has 0 fully saturated rings. The Morgan fingerprint density at radius 1 is 1.67 bits per heavy atom. The summed E-state index contributed by atoms with van der Waals surface area (Å²) in [5, 5.41) is 8.08. The second-order valence-corrected chi connectivity index (χ2v) is 3.25. The van der Waals surface area contributed by atoms with Gasteiger partial charge in [-0.2, -0.15) is 5.26 Å². The van der Waals surface area contributed by atoms with E-state index in [-0.39, 0.29) is 0 Å². The highest BCUT2D eigenvalue weighted by molar-refractivity contribution is 7.48. The summed E-state index contributed by atoms with van der Waals surface area (Å²) in [6.07, 6.45) is 0. The Bertz CT molecular complexity index is 231. The summed E-state index contributed by atoms with van der Waals surface area (Å²) in [7, 11) is -2.56. The van der Waals surface area contributed by atoms with E-state index in [4.69, 9.17) is 11.8 Å². The van der Waals surface area contributed by atoms with Gasteiger partial charge in [0.15, 0.2) is 0 Å². The predicted molar refractivity (Wildman–Crippen MR) is 38.7 cm³/mol. The molecule has 0 amide bonds. The molecule has 1 unspecified atom stereocenters. The third kappa shape index (κ3) is 4.07. The summed E-state index contributed by atoms with van der Waals surface area (Å²) in [4.78, 5) is 2.79. The molecule has 0 aliphatic carbocycles. The monoisotopic (exact) mass is 190 g/mol. The lowest BCUT2D eigenvalue weighted by Gasteiger charge is -2.09. The molecule has 0 aromatic carbocycles. The zero-order chi connectivity index (χ0) is 9.45. The lowest BCUT2D eigenvalue weighted by Crippen LogP contribution is -1.97. The van der Waals surface area contributed by atoms with E-state index in [1.54, 1.807) is 6.07 Å². The van der Waals surface area contributed by atoms with E-state index in [1.165, 1.54) is 0 Å². The molecule has 0 spiro atoms. The van der Waals surface area contributed by atoms with Gasteiger partial charge < -0.3 is 0 Å². The number of rotatable bonds is 5. The van der Waals surface area contributed by atoms with Crippen LogP contribution in [0, 0.1) is 17.9 Å². The first kappa shape index (κ1) is 11.1. The molecule has 0 saturated carbocycles. The van der Waals surface area contributed by atoms with Crippen LogP contribution >= 0.6 is 7.82 Å². The van der Waals surface area contributed by atoms with Gasteiger partial charge in [0.2, 0.25) is 0 Å². The molecule has 0 aliphatic rings. The summed E-state index contributed by atoms with van der Waals surface area (Å²) in [5.41, 5.74) is 0. The Morgan fingerprint density at radius 2 is 2.33 bits per heavy atom. The average molecular weight is 190 g/mol. The molecule has 0 N–H and O–H groups in total.